The molecule has 2 heterocycles. The van der Waals surface area contributed by atoms with Gasteiger partial charge in [-0.05, 0) is 46.6 Å². The van der Waals surface area contributed by atoms with E-state index in [4.69, 9.17) is 4.74 Å². The lowest BCUT2D eigenvalue weighted by Crippen LogP contribution is -2.31. The lowest BCUT2D eigenvalue weighted by Gasteiger charge is -2.22. The highest BCUT2D eigenvalue weighted by atomic mass is 79.9. The number of thiophene rings is 1. The predicted molar refractivity (Wildman–Crippen MR) is 67.3 cm³/mol. The van der Waals surface area contributed by atoms with Gasteiger partial charge in [0.05, 0.1) is 6.10 Å². The van der Waals surface area contributed by atoms with Crippen molar-refractivity contribution in [3.05, 3.63) is 20.8 Å². The van der Waals surface area contributed by atoms with Crippen molar-refractivity contribution in [2.24, 2.45) is 0 Å². The molecule has 0 amide bonds. The number of halogens is 1. The summed E-state index contributed by atoms with van der Waals surface area (Å²) in [5, 5.41) is 5.56. The zero-order chi connectivity index (χ0) is 10.5. The van der Waals surface area contributed by atoms with Gasteiger partial charge in [-0.1, -0.05) is 0 Å². The average molecular weight is 290 g/mol. The van der Waals surface area contributed by atoms with Crippen molar-refractivity contribution in [3.8, 4) is 0 Å². The van der Waals surface area contributed by atoms with E-state index in [-0.39, 0.29) is 0 Å². The Morgan fingerprint density at radius 2 is 2.47 bits per heavy atom. The quantitative estimate of drug-likeness (QED) is 0.919. The highest BCUT2D eigenvalue weighted by Gasteiger charge is 2.13. The molecule has 84 valence electrons. The molecule has 4 heteroatoms. The van der Waals surface area contributed by atoms with Gasteiger partial charge in [-0.2, -0.15) is 0 Å². The maximum atomic E-state index is 5.66. The SMILES string of the molecule is Brc1ccsc1CNCC1CCCCO1. The first-order valence-electron chi connectivity index (χ1n) is 5.40. The lowest BCUT2D eigenvalue weighted by molar-refractivity contribution is 0.0168. The van der Waals surface area contributed by atoms with Gasteiger partial charge in [0.25, 0.3) is 0 Å². The Kier molecular flexibility index (Phi) is 4.62. The Labute approximate surface area is 103 Å². The molecule has 0 bridgehead atoms. The van der Waals surface area contributed by atoms with Crippen LogP contribution in [0, 0.1) is 0 Å². The molecule has 1 atom stereocenters. The van der Waals surface area contributed by atoms with E-state index in [1.165, 1.54) is 28.6 Å². The molecule has 1 N–H and O–H groups in total. The molecule has 0 radical (unpaired) electrons. The van der Waals surface area contributed by atoms with Crippen LogP contribution in [0.2, 0.25) is 0 Å². The molecule has 1 saturated heterocycles. The third-order valence-corrected chi connectivity index (χ3v) is 4.55. The second kappa shape index (κ2) is 5.99. The van der Waals surface area contributed by atoms with E-state index in [1.807, 2.05) is 0 Å². The largest absolute Gasteiger partial charge is 0.377 e. The predicted octanol–water partition coefficient (Wildman–Crippen LogP) is 3.17. The van der Waals surface area contributed by atoms with Gasteiger partial charge in [-0.15, -0.1) is 11.3 Å². The molecule has 1 unspecified atom stereocenters. The maximum absolute atomic E-state index is 5.66. The van der Waals surface area contributed by atoms with E-state index in [0.717, 1.165) is 19.7 Å². The van der Waals surface area contributed by atoms with Crippen molar-refractivity contribution in [2.45, 2.75) is 31.9 Å². The van der Waals surface area contributed by atoms with E-state index < -0.39 is 0 Å². The molecule has 0 aliphatic carbocycles. The third-order valence-electron chi connectivity index (χ3n) is 2.62. The molecule has 1 aliphatic heterocycles. The summed E-state index contributed by atoms with van der Waals surface area (Å²) < 4.78 is 6.87. The molecule has 0 spiro atoms. The Hall–Kier alpha value is 0.1000. The minimum absolute atomic E-state index is 0.428. The van der Waals surface area contributed by atoms with Crippen LogP contribution in [-0.2, 0) is 11.3 Å². The molecular formula is C11H16BrNOS. The molecule has 0 aromatic carbocycles. The van der Waals surface area contributed by atoms with Crippen molar-refractivity contribution in [2.75, 3.05) is 13.2 Å². The van der Waals surface area contributed by atoms with Crippen LogP contribution in [0.15, 0.2) is 15.9 Å². The van der Waals surface area contributed by atoms with E-state index in [2.05, 4.69) is 32.7 Å². The fourth-order valence-electron chi connectivity index (χ4n) is 1.77. The molecule has 2 rings (SSSR count). The highest BCUT2D eigenvalue weighted by Crippen LogP contribution is 2.22. The van der Waals surface area contributed by atoms with Gasteiger partial charge in [-0.25, -0.2) is 0 Å². The monoisotopic (exact) mass is 289 g/mol. The first-order valence-corrected chi connectivity index (χ1v) is 7.08. The molecule has 15 heavy (non-hydrogen) atoms. The van der Waals surface area contributed by atoms with Crippen LogP contribution in [0.5, 0.6) is 0 Å². The summed E-state index contributed by atoms with van der Waals surface area (Å²) in [5.41, 5.74) is 0. The standard InChI is InChI=1S/C11H16BrNOS/c12-10-4-6-15-11(10)8-13-7-9-3-1-2-5-14-9/h4,6,9,13H,1-3,5,7-8H2. The van der Waals surface area contributed by atoms with E-state index in [1.54, 1.807) is 11.3 Å². The van der Waals surface area contributed by atoms with Crippen LogP contribution in [0.1, 0.15) is 24.1 Å². The summed E-state index contributed by atoms with van der Waals surface area (Å²) in [6, 6.07) is 2.10. The fourth-order valence-corrected chi connectivity index (χ4v) is 3.23. The number of hydrogen-bond donors (Lipinski definition) is 1. The summed E-state index contributed by atoms with van der Waals surface area (Å²) in [5.74, 6) is 0. The molecule has 2 nitrogen and oxygen atoms in total. The molecule has 1 aliphatic rings. The van der Waals surface area contributed by atoms with Gasteiger partial charge >= 0.3 is 0 Å². The van der Waals surface area contributed by atoms with E-state index >= 15 is 0 Å². The normalized spacial score (nSPS) is 21.8. The van der Waals surface area contributed by atoms with Crippen LogP contribution >= 0.6 is 27.3 Å². The van der Waals surface area contributed by atoms with Crippen molar-refractivity contribution >= 4 is 27.3 Å². The van der Waals surface area contributed by atoms with Crippen molar-refractivity contribution in [1.82, 2.24) is 5.32 Å². The smallest absolute Gasteiger partial charge is 0.0699 e. The second-order valence-electron chi connectivity index (χ2n) is 3.81. The summed E-state index contributed by atoms with van der Waals surface area (Å²) in [6.07, 6.45) is 4.18. The van der Waals surface area contributed by atoms with E-state index in [9.17, 15) is 0 Å². The maximum Gasteiger partial charge on any atom is 0.0699 e. The van der Waals surface area contributed by atoms with E-state index in [0.29, 0.717) is 6.10 Å². The fraction of sp³-hybridized carbons (Fsp3) is 0.636. The van der Waals surface area contributed by atoms with Gasteiger partial charge in [0.2, 0.25) is 0 Å². The summed E-state index contributed by atoms with van der Waals surface area (Å²) in [7, 11) is 0. The number of rotatable bonds is 4. The Morgan fingerprint density at radius 1 is 1.53 bits per heavy atom. The molecule has 1 aromatic rings. The topological polar surface area (TPSA) is 21.3 Å². The second-order valence-corrected chi connectivity index (χ2v) is 5.67. The van der Waals surface area contributed by atoms with Crippen LogP contribution in [0.3, 0.4) is 0 Å². The van der Waals surface area contributed by atoms with Gasteiger partial charge < -0.3 is 10.1 Å². The van der Waals surface area contributed by atoms with Crippen LogP contribution < -0.4 is 5.32 Å². The van der Waals surface area contributed by atoms with Gasteiger partial charge in [0.15, 0.2) is 0 Å². The third kappa shape index (κ3) is 3.55. The average Bonchev–Trinajstić information content (AvgIpc) is 2.66. The summed E-state index contributed by atoms with van der Waals surface area (Å²) in [4.78, 5) is 1.37. The van der Waals surface area contributed by atoms with Crippen molar-refractivity contribution in [1.29, 1.82) is 0 Å². The first kappa shape index (κ1) is 11.6. The van der Waals surface area contributed by atoms with Crippen LogP contribution in [0.25, 0.3) is 0 Å². The van der Waals surface area contributed by atoms with Crippen LogP contribution in [0.4, 0.5) is 0 Å². The van der Waals surface area contributed by atoms with Crippen LogP contribution in [-0.4, -0.2) is 19.3 Å². The number of ether oxygens (including phenoxy) is 1. The molecule has 0 saturated carbocycles. The first-order chi connectivity index (χ1) is 7.36. The Bertz CT molecular complexity index is 297. The lowest BCUT2D eigenvalue weighted by atomic mass is 10.1. The van der Waals surface area contributed by atoms with Gasteiger partial charge in [-0.3, -0.25) is 0 Å². The molecular weight excluding hydrogens is 274 g/mol. The Morgan fingerprint density at radius 3 is 3.13 bits per heavy atom. The molecule has 1 fully saturated rings. The Balaban J connectivity index is 1.68. The molecule has 1 aromatic heterocycles. The van der Waals surface area contributed by atoms with Crippen molar-refractivity contribution in [3.63, 3.8) is 0 Å². The number of hydrogen-bond acceptors (Lipinski definition) is 3. The van der Waals surface area contributed by atoms with Gasteiger partial charge in [0, 0.05) is 29.0 Å². The zero-order valence-electron chi connectivity index (χ0n) is 8.67. The highest BCUT2D eigenvalue weighted by molar-refractivity contribution is 9.10. The zero-order valence-corrected chi connectivity index (χ0v) is 11.1. The summed E-state index contributed by atoms with van der Waals surface area (Å²) >= 11 is 5.32. The minimum atomic E-state index is 0.428. The van der Waals surface area contributed by atoms with Gasteiger partial charge in [0.1, 0.15) is 0 Å². The number of nitrogens with one attached hydrogen (secondary N) is 1. The summed E-state index contributed by atoms with van der Waals surface area (Å²) in [6.45, 7) is 2.86. The van der Waals surface area contributed by atoms with Crippen molar-refractivity contribution < 1.29 is 4.74 Å². The minimum Gasteiger partial charge on any atom is -0.377 e.